The fourth-order valence-corrected chi connectivity index (χ4v) is 2.45. The second-order valence-corrected chi connectivity index (χ2v) is 5.21. The van der Waals surface area contributed by atoms with Gasteiger partial charge in [-0.1, -0.05) is 48.5 Å². The molecule has 0 saturated carbocycles. The lowest BCUT2D eigenvalue weighted by atomic mass is 10.1. The number of benzene rings is 2. The Morgan fingerprint density at radius 2 is 1.71 bits per heavy atom. The summed E-state index contributed by atoms with van der Waals surface area (Å²) < 4.78 is 5.92. The van der Waals surface area contributed by atoms with Gasteiger partial charge < -0.3 is 10.1 Å². The zero-order valence-corrected chi connectivity index (χ0v) is 13.0. The maximum Gasteiger partial charge on any atom is 0.125 e. The molecule has 0 saturated heterocycles. The molecule has 0 fully saturated rings. The van der Waals surface area contributed by atoms with Gasteiger partial charge in [-0.05, 0) is 49.2 Å². The zero-order valence-electron chi connectivity index (χ0n) is 13.0. The van der Waals surface area contributed by atoms with Crippen LogP contribution in [0, 0.1) is 13.8 Å². The van der Waals surface area contributed by atoms with Crippen molar-refractivity contribution >= 4 is 6.08 Å². The van der Waals surface area contributed by atoms with E-state index in [0.29, 0.717) is 6.61 Å². The van der Waals surface area contributed by atoms with Gasteiger partial charge in [0, 0.05) is 6.54 Å². The number of hydrogen-bond donors (Lipinski definition) is 1. The first-order valence-electron chi connectivity index (χ1n) is 7.30. The standard InChI is InChI=1S/C19H23NO/c1-15-12-18(14-20-3)13-16(2)19(15)21-11-7-10-17-8-5-4-6-9-17/h4-10,12-13,20H,11,14H2,1-3H3/b10-7+. The molecule has 0 radical (unpaired) electrons. The van der Waals surface area contributed by atoms with Crippen LogP contribution in [0.2, 0.25) is 0 Å². The van der Waals surface area contributed by atoms with E-state index in [2.05, 4.69) is 55.6 Å². The van der Waals surface area contributed by atoms with Crippen LogP contribution in [-0.4, -0.2) is 13.7 Å². The van der Waals surface area contributed by atoms with Crippen LogP contribution in [0.1, 0.15) is 22.3 Å². The third-order valence-electron chi connectivity index (χ3n) is 3.33. The van der Waals surface area contributed by atoms with Crippen LogP contribution in [0.5, 0.6) is 5.75 Å². The van der Waals surface area contributed by atoms with Crippen molar-refractivity contribution in [3.05, 3.63) is 70.8 Å². The average Bonchev–Trinajstić information content (AvgIpc) is 2.47. The highest BCUT2D eigenvalue weighted by atomic mass is 16.5. The molecule has 2 heteroatoms. The molecule has 0 aliphatic heterocycles. The molecule has 0 bridgehead atoms. The van der Waals surface area contributed by atoms with E-state index in [1.807, 2.05) is 25.2 Å². The molecule has 2 aromatic carbocycles. The van der Waals surface area contributed by atoms with Crippen LogP contribution < -0.4 is 10.1 Å². The SMILES string of the molecule is CNCc1cc(C)c(OC/C=C/c2ccccc2)c(C)c1. The van der Waals surface area contributed by atoms with Crippen LogP contribution in [0.25, 0.3) is 6.08 Å². The number of ether oxygens (including phenoxy) is 1. The molecule has 21 heavy (non-hydrogen) atoms. The van der Waals surface area contributed by atoms with Crippen molar-refractivity contribution in [3.8, 4) is 5.75 Å². The van der Waals surface area contributed by atoms with E-state index in [-0.39, 0.29) is 0 Å². The molecular formula is C19H23NO. The summed E-state index contributed by atoms with van der Waals surface area (Å²) in [7, 11) is 1.96. The van der Waals surface area contributed by atoms with Crippen LogP contribution in [-0.2, 0) is 6.54 Å². The van der Waals surface area contributed by atoms with Crippen molar-refractivity contribution < 1.29 is 4.74 Å². The summed E-state index contributed by atoms with van der Waals surface area (Å²) in [5.74, 6) is 0.993. The van der Waals surface area contributed by atoms with Gasteiger partial charge in [0.2, 0.25) is 0 Å². The summed E-state index contributed by atoms with van der Waals surface area (Å²) in [4.78, 5) is 0. The van der Waals surface area contributed by atoms with E-state index in [1.165, 1.54) is 22.3 Å². The minimum absolute atomic E-state index is 0.585. The maximum absolute atomic E-state index is 5.92. The summed E-state index contributed by atoms with van der Waals surface area (Å²) in [6.07, 6.45) is 4.13. The molecule has 0 atom stereocenters. The lowest BCUT2D eigenvalue weighted by molar-refractivity contribution is 0.358. The smallest absolute Gasteiger partial charge is 0.125 e. The first-order valence-corrected chi connectivity index (χ1v) is 7.30. The summed E-state index contributed by atoms with van der Waals surface area (Å²) in [5.41, 5.74) is 4.86. The van der Waals surface area contributed by atoms with Crippen molar-refractivity contribution in [1.29, 1.82) is 0 Å². The first kappa shape index (κ1) is 15.3. The van der Waals surface area contributed by atoms with Gasteiger partial charge in [-0.25, -0.2) is 0 Å². The topological polar surface area (TPSA) is 21.3 Å². The number of nitrogens with one attached hydrogen (secondary N) is 1. The average molecular weight is 281 g/mol. The first-order chi connectivity index (χ1) is 10.2. The third-order valence-corrected chi connectivity index (χ3v) is 3.33. The Labute approximate surface area is 127 Å². The molecule has 0 aromatic heterocycles. The Morgan fingerprint density at radius 3 is 2.33 bits per heavy atom. The fourth-order valence-electron chi connectivity index (χ4n) is 2.45. The number of rotatable bonds is 6. The molecule has 2 rings (SSSR count). The van der Waals surface area contributed by atoms with Gasteiger partial charge in [-0.2, -0.15) is 0 Å². The Bertz CT molecular complexity index is 579. The minimum atomic E-state index is 0.585. The predicted molar refractivity (Wildman–Crippen MR) is 89.7 cm³/mol. The van der Waals surface area contributed by atoms with Crippen LogP contribution >= 0.6 is 0 Å². The normalized spacial score (nSPS) is 11.0. The Balaban J connectivity index is 1.99. The van der Waals surface area contributed by atoms with E-state index in [1.54, 1.807) is 0 Å². The summed E-state index contributed by atoms with van der Waals surface area (Å²) in [6.45, 7) is 5.67. The Hall–Kier alpha value is -2.06. The van der Waals surface area contributed by atoms with Gasteiger partial charge in [0.15, 0.2) is 0 Å². The van der Waals surface area contributed by atoms with Crippen molar-refractivity contribution in [2.45, 2.75) is 20.4 Å². The fraction of sp³-hybridized carbons (Fsp3) is 0.263. The van der Waals surface area contributed by atoms with Gasteiger partial charge >= 0.3 is 0 Å². The quantitative estimate of drug-likeness (QED) is 0.860. The van der Waals surface area contributed by atoms with E-state index in [0.717, 1.165) is 12.3 Å². The van der Waals surface area contributed by atoms with E-state index < -0.39 is 0 Å². The van der Waals surface area contributed by atoms with Gasteiger partial charge in [-0.3, -0.25) is 0 Å². The second-order valence-electron chi connectivity index (χ2n) is 5.21. The van der Waals surface area contributed by atoms with Gasteiger partial charge in [0.1, 0.15) is 12.4 Å². The predicted octanol–water partition coefficient (Wildman–Crippen LogP) is 4.12. The highest BCUT2D eigenvalue weighted by Crippen LogP contribution is 2.24. The molecule has 0 aliphatic carbocycles. The summed E-state index contributed by atoms with van der Waals surface area (Å²) in [5, 5.41) is 3.18. The number of aryl methyl sites for hydroxylation is 2. The van der Waals surface area contributed by atoms with Gasteiger partial charge in [0.25, 0.3) is 0 Å². The number of hydrogen-bond acceptors (Lipinski definition) is 2. The minimum Gasteiger partial charge on any atom is -0.489 e. The van der Waals surface area contributed by atoms with Crippen molar-refractivity contribution in [2.24, 2.45) is 0 Å². The highest BCUT2D eigenvalue weighted by molar-refractivity contribution is 5.49. The summed E-state index contributed by atoms with van der Waals surface area (Å²) in [6, 6.07) is 14.6. The molecule has 2 nitrogen and oxygen atoms in total. The third kappa shape index (κ3) is 4.47. The van der Waals surface area contributed by atoms with Crippen molar-refractivity contribution in [3.63, 3.8) is 0 Å². The second kappa shape index (κ2) is 7.65. The molecule has 0 unspecified atom stereocenters. The Morgan fingerprint density at radius 1 is 1.05 bits per heavy atom. The van der Waals surface area contributed by atoms with E-state index >= 15 is 0 Å². The van der Waals surface area contributed by atoms with Crippen molar-refractivity contribution in [2.75, 3.05) is 13.7 Å². The monoisotopic (exact) mass is 281 g/mol. The van der Waals surface area contributed by atoms with Crippen LogP contribution in [0.3, 0.4) is 0 Å². The largest absolute Gasteiger partial charge is 0.489 e. The molecule has 1 N–H and O–H groups in total. The Kier molecular flexibility index (Phi) is 5.59. The van der Waals surface area contributed by atoms with Crippen molar-refractivity contribution in [1.82, 2.24) is 5.32 Å². The lowest BCUT2D eigenvalue weighted by Gasteiger charge is -2.13. The molecular weight excluding hydrogens is 258 g/mol. The lowest BCUT2D eigenvalue weighted by Crippen LogP contribution is -2.06. The summed E-state index contributed by atoms with van der Waals surface area (Å²) >= 11 is 0. The molecule has 110 valence electrons. The highest BCUT2D eigenvalue weighted by Gasteiger charge is 2.05. The zero-order chi connectivity index (χ0) is 15.1. The molecule has 0 heterocycles. The van der Waals surface area contributed by atoms with E-state index in [4.69, 9.17) is 4.74 Å². The molecule has 0 aliphatic rings. The molecule has 2 aromatic rings. The van der Waals surface area contributed by atoms with Crippen LogP contribution in [0.15, 0.2) is 48.5 Å². The molecule has 0 spiro atoms. The van der Waals surface area contributed by atoms with Gasteiger partial charge in [-0.15, -0.1) is 0 Å². The maximum atomic E-state index is 5.92. The van der Waals surface area contributed by atoms with Crippen LogP contribution in [0.4, 0.5) is 0 Å². The molecule has 0 amide bonds. The van der Waals surface area contributed by atoms with Gasteiger partial charge in [0.05, 0.1) is 0 Å². The van der Waals surface area contributed by atoms with E-state index in [9.17, 15) is 0 Å².